The Morgan fingerprint density at radius 2 is 1.80 bits per heavy atom. The fourth-order valence-electron chi connectivity index (χ4n) is 1.45. The molecule has 7 nitrogen and oxygen atoms in total. The molecule has 0 fully saturated rings. The molecule has 1 amide bonds. The van der Waals surface area contributed by atoms with Crippen molar-refractivity contribution in [2.24, 2.45) is 0 Å². The zero-order valence-corrected chi connectivity index (χ0v) is 9.99. The van der Waals surface area contributed by atoms with Crippen LogP contribution in [0.2, 0.25) is 0 Å². The van der Waals surface area contributed by atoms with Gasteiger partial charge < -0.3 is 19.9 Å². The number of amides is 1. The monoisotopic (exact) mass is 275 g/mol. The SMILES string of the molecule is O=C(O)c1ccc(O)c(NC(=O)c2ccc(=O)oc2)c1. The Balaban J connectivity index is 2.27. The van der Waals surface area contributed by atoms with Gasteiger partial charge in [0.25, 0.3) is 5.91 Å². The predicted octanol–water partition coefficient (Wildman–Crippen LogP) is 1.30. The maximum Gasteiger partial charge on any atom is 0.335 e. The van der Waals surface area contributed by atoms with Crippen molar-refractivity contribution in [3.63, 3.8) is 0 Å². The molecule has 3 N–H and O–H groups in total. The van der Waals surface area contributed by atoms with Crippen LogP contribution in [0.5, 0.6) is 5.75 Å². The number of hydrogen-bond donors (Lipinski definition) is 3. The second-order valence-electron chi connectivity index (χ2n) is 3.83. The van der Waals surface area contributed by atoms with Gasteiger partial charge in [-0.15, -0.1) is 0 Å². The first-order chi connectivity index (χ1) is 9.47. The number of hydrogen-bond acceptors (Lipinski definition) is 5. The summed E-state index contributed by atoms with van der Waals surface area (Å²) in [6.07, 6.45) is 0.968. The minimum atomic E-state index is -1.19. The van der Waals surface area contributed by atoms with E-state index in [-0.39, 0.29) is 22.6 Å². The van der Waals surface area contributed by atoms with E-state index in [9.17, 15) is 19.5 Å². The van der Waals surface area contributed by atoms with Gasteiger partial charge in [-0.1, -0.05) is 0 Å². The molecule has 2 aromatic rings. The lowest BCUT2D eigenvalue weighted by Gasteiger charge is -2.07. The van der Waals surface area contributed by atoms with Crippen LogP contribution in [0.25, 0.3) is 0 Å². The maximum absolute atomic E-state index is 11.8. The lowest BCUT2D eigenvalue weighted by atomic mass is 10.2. The van der Waals surface area contributed by atoms with Crippen LogP contribution in [0, 0.1) is 0 Å². The minimum Gasteiger partial charge on any atom is -0.506 e. The summed E-state index contributed by atoms with van der Waals surface area (Å²) in [5.41, 5.74) is -0.680. The number of carbonyl (C=O) groups is 2. The normalized spacial score (nSPS) is 10.0. The molecule has 0 atom stereocenters. The number of phenolic OH excluding ortho intramolecular Hbond substituents is 1. The van der Waals surface area contributed by atoms with Gasteiger partial charge in [0.15, 0.2) is 0 Å². The molecule has 0 saturated carbocycles. The number of rotatable bonds is 3. The van der Waals surface area contributed by atoms with E-state index in [2.05, 4.69) is 9.73 Å². The van der Waals surface area contributed by atoms with E-state index >= 15 is 0 Å². The van der Waals surface area contributed by atoms with Crippen LogP contribution in [-0.4, -0.2) is 22.1 Å². The van der Waals surface area contributed by atoms with E-state index in [0.29, 0.717) is 0 Å². The van der Waals surface area contributed by atoms with Gasteiger partial charge in [-0.2, -0.15) is 0 Å². The van der Waals surface area contributed by atoms with Gasteiger partial charge in [0.2, 0.25) is 0 Å². The first-order valence-electron chi connectivity index (χ1n) is 5.44. The predicted molar refractivity (Wildman–Crippen MR) is 68.0 cm³/mol. The summed E-state index contributed by atoms with van der Waals surface area (Å²) in [4.78, 5) is 33.4. The van der Waals surface area contributed by atoms with Crippen LogP contribution in [0.15, 0.2) is 45.8 Å². The summed E-state index contributed by atoms with van der Waals surface area (Å²) in [6, 6.07) is 5.80. The van der Waals surface area contributed by atoms with Gasteiger partial charge in [-0.3, -0.25) is 4.79 Å². The number of benzene rings is 1. The number of carboxylic acids is 1. The van der Waals surface area contributed by atoms with Crippen molar-refractivity contribution in [1.82, 2.24) is 0 Å². The largest absolute Gasteiger partial charge is 0.506 e. The standard InChI is InChI=1S/C13H9NO6/c15-10-3-1-7(13(18)19)5-9(10)14-12(17)8-2-4-11(16)20-6-8/h1-6,15H,(H,14,17)(H,18,19). The van der Waals surface area contributed by atoms with Crippen molar-refractivity contribution in [1.29, 1.82) is 0 Å². The van der Waals surface area contributed by atoms with Crippen molar-refractivity contribution in [3.05, 3.63) is 58.1 Å². The molecule has 0 aliphatic heterocycles. The minimum absolute atomic E-state index is 0.0545. The Bertz CT molecular complexity index is 713. The second-order valence-corrected chi connectivity index (χ2v) is 3.83. The highest BCUT2D eigenvalue weighted by atomic mass is 16.4. The van der Waals surface area contributed by atoms with E-state index in [1.54, 1.807) is 0 Å². The van der Waals surface area contributed by atoms with Gasteiger partial charge in [0.05, 0.1) is 16.8 Å². The number of carbonyl (C=O) groups excluding carboxylic acids is 1. The summed E-state index contributed by atoms with van der Waals surface area (Å²) in [5, 5.41) is 20.7. The molecular weight excluding hydrogens is 266 g/mol. The Labute approximate surface area is 112 Å². The van der Waals surface area contributed by atoms with Gasteiger partial charge in [-0.05, 0) is 24.3 Å². The fourth-order valence-corrected chi connectivity index (χ4v) is 1.45. The lowest BCUT2D eigenvalue weighted by molar-refractivity contribution is 0.0696. The van der Waals surface area contributed by atoms with Crippen LogP contribution in [-0.2, 0) is 0 Å². The third kappa shape index (κ3) is 2.83. The lowest BCUT2D eigenvalue weighted by Crippen LogP contribution is -2.13. The van der Waals surface area contributed by atoms with Crippen LogP contribution in [0.3, 0.4) is 0 Å². The summed E-state index contributed by atoms with van der Waals surface area (Å²) < 4.78 is 4.54. The van der Waals surface area contributed by atoms with E-state index < -0.39 is 17.5 Å². The zero-order valence-electron chi connectivity index (χ0n) is 9.99. The summed E-state index contributed by atoms with van der Waals surface area (Å²) in [7, 11) is 0. The first kappa shape index (κ1) is 13.3. The second kappa shape index (κ2) is 5.27. The molecule has 0 aliphatic carbocycles. The molecule has 102 valence electrons. The number of nitrogens with one attached hydrogen (secondary N) is 1. The number of carboxylic acid groups (broad SMARTS) is 1. The highest BCUT2D eigenvalue weighted by Gasteiger charge is 2.12. The molecule has 1 aromatic heterocycles. The summed E-state index contributed by atoms with van der Waals surface area (Å²) in [6.45, 7) is 0. The van der Waals surface area contributed by atoms with Crippen molar-refractivity contribution in [2.75, 3.05) is 5.32 Å². The van der Waals surface area contributed by atoms with E-state index in [0.717, 1.165) is 24.5 Å². The Hall–Kier alpha value is -3.09. The smallest absolute Gasteiger partial charge is 0.335 e. The zero-order chi connectivity index (χ0) is 14.7. The van der Waals surface area contributed by atoms with Crippen LogP contribution >= 0.6 is 0 Å². The highest BCUT2D eigenvalue weighted by molar-refractivity contribution is 6.05. The molecular formula is C13H9NO6. The van der Waals surface area contributed by atoms with Crippen LogP contribution in [0.1, 0.15) is 20.7 Å². The van der Waals surface area contributed by atoms with Gasteiger partial charge >= 0.3 is 11.6 Å². The molecule has 20 heavy (non-hydrogen) atoms. The molecule has 0 bridgehead atoms. The van der Waals surface area contributed by atoms with Crippen molar-refractivity contribution >= 4 is 17.6 Å². The first-order valence-corrected chi connectivity index (χ1v) is 5.44. The molecule has 1 heterocycles. The maximum atomic E-state index is 11.8. The summed E-state index contributed by atoms with van der Waals surface area (Å²) in [5.74, 6) is -2.11. The van der Waals surface area contributed by atoms with Crippen molar-refractivity contribution in [2.45, 2.75) is 0 Å². The van der Waals surface area contributed by atoms with Crippen molar-refractivity contribution in [3.8, 4) is 5.75 Å². The molecule has 7 heteroatoms. The molecule has 0 spiro atoms. The van der Waals surface area contributed by atoms with Crippen molar-refractivity contribution < 1.29 is 24.2 Å². The number of anilines is 1. The average Bonchev–Trinajstić information content (AvgIpc) is 2.41. The number of aromatic carboxylic acids is 1. The molecule has 0 saturated heterocycles. The number of aromatic hydroxyl groups is 1. The number of phenols is 1. The molecule has 0 aliphatic rings. The Kier molecular flexibility index (Phi) is 3.52. The fraction of sp³-hybridized carbons (Fsp3) is 0. The third-order valence-electron chi connectivity index (χ3n) is 2.45. The van der Waals surface area contributed by atoms with E-state index in [4.69, 9.17) is 5.11 Å². The molecule has 0 radical (unpaired) electrons. The van der Waals surface area contributed by atoms with Gasteiger partial charge in [0, 0.05) is 6.07 Å². The average molecular weight is 275 g/mol. The highest BCUT2D eigenvalue weighted by Crippen LogP contribution is 2.24. The Morgan fingerprint density at radius 1 is 1.10 bits per heavy atom. The molecule has 1 aromatic carbocycles. The van der Waals surface area contributed by atoms with E-state index in [1.807, 2.05) is 0 Å². The van der Waals surface area contributed by atoms with E-state index in [1.165, 1.54) is 12.1 Å². The van der Waals surface area contributed by atoms with Crippen LogP contribution < -0.4 is 10.9 Å². The van der Waals surface area contributed by atoms with Gasteiger partial charge in [-0.25, -0.2) is 9.59 Å². The van der Waals surface area contributed by atoms with Gasteiger partial charge in [0.1, 0.15) is 12.0 Å². The third-order valence-corrected chi connectivity index (χ3v) is 2.45. The molecule has 2 rings (SSSR count). The molecule has 0 unspecified atom stereocenters. The van der Waals surface area contributed by atoms with Crippen LogP contribution in [0.4, 0.5) is 5.69 Å². The summed E-state index contributed by atoms with van der Waals surface area (Å²) >= 11 is 0. The Morgan fingerprint density at radius 3 is 2.40 bits per heavy atom. The quantitative estimate of drug-likeness (QED) is 0.727. The topological polar surface area (TPSA) is 117 Å².